The van der Waals surface area contributed by atoms with Crippen molar-refractivity contribution in [2.24, 2.45) is 5.92 Å². The highest BCUT2D eigenvalue weighted by Crippen LogP contribution is 2.26. The molecule has 1 heterocycles. The Bertz CT molecular complexity index is 350. The first-order valence-corrected chi connectivity index (χ1v) is 6.87. The summed E-state index contributed by atoms with van der Waals surface area (Å²) in [6.45, 7) is 3.50. The zero-order chi connectivity index (χ0) is 12.8. The maximum atomic E-state index is 5.20. The summed E-state index contributed by atoms with van der Waals surface area (Å²) in [4.78, 5) is 2.50. The van der Waals surface area contributed by atoms with Crippen LogP contribution in [0.3, 0.4) is 0 Å². The SMILES string of the molecule is CNCCC1CCCN(c2ccc(OC)cc2)C1. The van der Waals surface area contributed by atoms with Gasteiger partial charge in [-0.1, -0.05) is 0 Å². The molecule has 1 atom stereocenters. The molecular weight excluding hydrogens is 224 g/mol. The Morgan fingerprint density at radius 3 is 2.78 bits per heavy atom. The largest absolute Gasteiger partial charge is 0.497 e. The molecule has 3 heteroatoms. The zero-order valence-electron chi connectivity index (χ0n) is 11.5. The molecule has 0 amide bonds. The number of nitrogens with one attached hydrogen (secondary N) is 1. The lowest BCUT2D eigenvalue weighted by molar-refractivity contribution is 0.387. The number of rotatable bonds is 5. The first kappa shape index (κ1) is 13.2. The summed E-state index contributed by atoms with van der Waals surface area (Å²) in [6.07, 6.45) is 3.96. The van der Waals surface area contributed by atoms with Crippen LogP contribution in [0.5, 0.6) is 5.75 Å². The van der Waals surface area contributed by atoms with Crippen LogP contribution in [0.15, 0.2) is 24.3 Å². The normalized spacial score (nSPS) is 19.9. The van der Waals surface area contributed by atoms with Gasteiger partial charge in [0.15, 0.2) is 0 Å². The van der Waals surface area contributed by atoms with Crippen LogP contribution in [0.25, 0.3) is 0 Å². The van der Waals surface area contributed by atoms with E-state index in [2.05, 4.69) is 22.3 Å². The van der Waals surface area contributed by atoms with Gasteiger partial charge in [0.1, 0.15) is 5.75 Å². The van der Waals surface area contributed by atoms with Crippen LogP contribution < -0.4 is 15.0 Å². The van der Waals surface area contributed by atoms with E-state index in [1.165, 1.54) is 38.0 Å². The molecule has 0 spiro atoms. The molecule has 0 aromatic heterocycles. The van der Waals surface area contributed by atoms with E-state index < -0.39 is 0 Å². The average molecular weight is 248 g/mol. The highest BCUT2D eigenvalue weighted by molar-refractivity contribution is 5.49. The molecule has 1 saturated heterocycles. The smallest absolute Gasteiger partial charge is 0.119 e. The molecule has 18 heavy (non-hydrogen) atoms. The summed E-state index contributed by atoms with van der Waals surface area (Å²) in [5.41, 5.74) is 1.32. The van der Waals surface area contributed by atoms with Gasteiger partial charge in [-0.05, 0) is 63.0 Å². The van der Waals surface area contributed by atoms with Gasteiger partial charge in [0.25, 0.3) is 0 Å². The number of nitrogens with zero attached hydrogens (tertiary/aromatic N) is 1. The molecule has 1 fully saturated rings. The standard InChI is InChI=1S/C15H24N2O/c1-16-10-9-13-4-3-11-17(12-13)14-5-7-15(18-2)8-6-14/h5-8,13,16H,3-4,9-12H2,1-2H3. The van der Waals surface area contributed by atoms with E-state index in [9.17, 15) is 0 Å². The second-order valence-electron chi connectivity index (χ2n) is 5.04. The molecule has 1 unspecified atom stereocenters. The summed E-state index contributed by atoms with van der Waals surface area (Å²) in [6, 6.07) is 8.43. The number of ether oxygens (including phenoxy) is 1. The fourth-order valence-corrected chi connectivity index (χ4v) is 2.68. The van der Waals surface area contributed by atoms with Gasteiger partial charge in [-0.2, -0.15) is 0 Å². The van der Waals surface area contributed by atoms with Crippen molar-refractivity contribution in [2.75, 3.05) is 38.7 Å². The summed E-state index contributed by atoms with van der Waals surface area (Å²) in [7, 11) is 3.74. The van der Waals surface area contributed by atoms with E-state index in [4.69, 9.17) is 4.74 Å². The van der Waals surface area contributed by atoms with Gasteiger partial charge >= 0.3 is 0 Å². The maximum absolute atomic E-state index is 5.20. The summed E-state index contributed by atoms with van der Waals surface area (Å²) in [5, 5.41) is 3.25. The first-order chi connectivity index (χ1) is 8.83. The molecule has 1 aromatic carbocycles. The monoisotopic (exact) mass is 248 g/mol. The fraction of sp³-hybridized carbons (Fsp3) is 0.600. The third kappa shape index (κ3) is 3.39. The molecule has 2 rings (SSSR count). The van der Waals surface area contributed by atoms with E-state index in [1.54, 1.807) is 7.11 Å². The Hall–Kier alpha value is -1.22. The van der Waals surface area contributed by atoms with Crippen LogP contribution in [0.1, 0.15) is 19.3 Å². The molecule has 3 nitrogen and oxygen atoms in total. The average Bonchev–Trinajstić information content (AvgIpc) is 2.45. The van der Waals surface area contributed by atoms with Crippen molar-refractivity contribution in [3.8, 4) is 5.75 Å². The minimum Gasteiger partial charge on any atom is -0.497 e. The summed E-state index contributed by atoms with van der Waals surface area (Å²) in [5.74, 6) is 1.76. The van der Waals surface area contributed by atoms with Gasteiger partial charge in [-0.25, -0.2) is 0 Å². The molecule has 0 saturated carbocycles. The molecule has 0 radical (unpaired) electrons. The van der Waals surface area contributed by atoms with E-state index in [-0.39, 0.29) is 0 Å². The van der Waals surface area contributed by atoms with Crippen molar-refractivity contribution in [3.63, 3.8) is 0 Å². The molecule has 100 valence electrons. The minimum absolute atomic E-state index is 0.827. The Balaban J connectivity index is 1.94. The molecular formula is C15H24N2O. The third-order valence-electron chi connectivity index (χ3n) is 3.76. The number of hydrogen-bond acceptors (Lipinski definition) is 3. The Kier molecular flexibility index (Phi) is 4.88. The predicted octanol–water partition coefficient (Wildman–Crippen LogP) is 2.52. The highest BCUT2D eigenvalue weighted by atomic mass is 16.5. The van der Waals surface area contributed by atoms with Gasteiger partial charge in [0.05, 0.1) is 7.11 Å². The molecule has 0 aliphatic carbocycles. The summed E-state index contributed by atoms with van der Waals surface area (Å²) < 4.78 is 5.20. The molecule has 1 aliphatic heterocycles. The number of methoxy groups -OCH3 is 1. The van der Waals surface area contributed by atoms with E-state index in [1.807, 2.05) is 19.2 Å². The van der Waals surface area contributed by atoms with Crippen molar-refractivity contribution in [2.45, 2.75) is 19.3 Å². The van der Waals surface area contributed by atoms with Crippen molar-refractivity contribution < 1.29 is 4.74 Å². The van der Waals surface area contributed by atoms with Crippen LogP contribution in [-0.4, -0.2) is 33.8 Å². The van der Waals surface area contributed by atoms with E-state index in [0.29, 0.717) is 0 Å². The maximum Gasteiger partial charge on any atom is 0.119 e. The minimum atomic E-state index is 0.827. The Morgan fingerprint density at radius 1 is 1.33 bits per heavy atom. The van der Waals surface area contributed by atoms with Gasteiger partial charge in [0, 0.05) is 18.8 Å². The van der Waals surface area contributed by atoms with Gasteiger partial charge in [-0.3, -0.25) is 0 Å². The number of piperidine rings is 1. The van der Waals surface area contributed by atoms with Gasteiger partial charge < -0.3 is 15.0 Å². The van der Waals surface area contributed by atoms with Crippen molar-refractivity contribution in [1.29, 1.82) is 0 Å². The van der Waals surface area contributed by atoms with Crippen molar-refractivity contribution >= 4 is 5.69 Å². The fourth-order valence-electron chi connectivity index (χ4n) is 2.68. The number of benzene rings is 1. The second-order valence-corrected chi connectivity index (χ2v) is 5.04. The Morgan fingerprint density at radius 2 is 2.11 bits per heavy atom. The van der Waals surface area contributed by atoms with Crippen LogP contribution in [-0.2, 0) is 0 Å². The lowest BCUT2D eigenvalue weighted by atomic mass is 9.94. The molecule has 1 N–H and O–H groups in total. The van der Waals surface area contributed by atoms with Crippen molar-refractivity contribution in [3.05, 3.63) is 24.3 Å². The predicted molar refractivity (Wildman–Crippen MR) is 76.5 cm³/mol. The quantitative estimate of drug-likeness (QED) is 0.866. The topological polar surface area (TPSA) is 24.5 Å². The molecule has 0 bridgehead atoms. The highest BCUT2D eigenvalue weighted by Gasteiger charge is 2.19. The van der Waals surface area contributed by atoms with Crippen LogP contribution in [0, 0.1) is 5.92 Å². The van der Waals surface area contributed by atoms with E-state index >= 15 is 0 Å². The van der Waals surface area contributed by atoms with Crippen LogP contribution in [0.2, 0.25) is 0 Å². The van der Waals surface area contributed by atoms with Crippen molar-refractivity contribution in [1.82, 2.24) is 5.32 Å². The lowest BCUT2D eigenvalue weighted by Crippen LogP contribution is -2.36. The zero-order valence-corrected chi connectivity index (χ0v) is 11.5. The third-order valence-corrected chi connectivity index (χ3v) is 3.76. The first-order valence-electron chi connectivity index (χ1n) is 6.87. The lowest BCUT2D eigenvalue weighted by Gasteiger charge is -2.34. The number of hydrogen-bond donors (Lipinski definition) is 1. The molecule has 1 aliphatic rings. The Labute approximate surface area is 110 Å². The second kappa shape index (κ2) is 6.64. The van der Waals surface area contributed by atoms with Crippen LogP contribution >= 0.6 is 0 Å². The summed E-state index contributed by atoms with van der Waals surface area (Å²) >= 11 is 0. The van der Waals surface area contributed by atoms with Gasteiger partial charge in [-0.15, -0.1) is 0 Å². The van der Waals surface area contributed by atoms with Crippen LogP contribution in [0.4, 0.5) is 5.69 Å². The van der Waals surface area contributed by atoms with E-state index in [0.717, 1.165) is 18.2 Å². The van der Waals surface area contributed by atoms with Gasteiger partial charge in [0.2, 0.25) is 0 Å². The number of anilines is 1. The molecule has 1 aromatic rings.